The van der Waals surface area contributed by atoms with Gasteiger partial charge in [0.2, 0.25) is 0 Å². The van der Waals surface area contributed by atoms with Crippen LogP contribution < -0.4 is 15.2 Å². The highest BCUT2D eigenvalue weighted by Crippen LogP contribution is 2.34. The summed E-state index contributed by atoms with van der Waals surface area (Å²) in [5.74, 6) is 1.46. The predicted octanol–water partition coefficient (Wildman–Crippen LogP) is 2.13. The van der Waals surface area contributed by atoms with Gasteiger partial charge in [0, 0.05) is 23.9 Å². The molecule has 0 radical (unpaired) electrons. The number of nitrogens with zero attached hydrogens (tertiary/aromatic N) is 1. The van der Waals surface area contributed by atoms with Crippen molar-refractivity contribution in [2.75, 3.05) is 33.0 Å². The summed E-state index contributed by atoms with van der Waals surface area (Å²) < 4.78 is 10.7. The Morgan fingerprint density at radius 2 is 1.76 bits per heavy atom. The normalized spacial score (nSPS) is 10.6. The average molecular weight is 238 g/mol. The number of methoxy groups -OCH3 is 2. The van der Waals surface area contributed by atoms with E-state index in [0.29, 0.717) is 11.4 Å². The largest absolute Gasteiger partial charge is 0.493 e. The fourth-order valence-corrected chi connectivity index (χ4v) is 1.87. The third-order valence-electron chi connectivity index (χ3n) is 2.87. The Labute approximate surface area is 103 Å². The minimum Gasteiger partial charge on any atom is -0.493 e. The van der Waals surface area contributed by atoms with Gasteiger partial charge in [0.25, 0.3) is 0 Å². The van der Waals surface area contributed by atoms with Gasteiger partial charge in [-0.2, -0.15) is 0 Å². The number of benzene rings is 1. The van der Waals surface area contributed by atoms with Crippen LogP contribution in [0.25, 0.3) is 0 Å². The summed E-state index contributed by atoms with van der Waals surface area (Å²) >= 11 is 0. The fraction of sp³-hybridized carbons (Fsp3) is 0.538. The highest BCUT2D eigenvalue weighted by atomic mass is 16.5. The number of hydrogen-bond acceptors (Lipinski definition) is 4. The molecule has 0 aromatic heterocycles. The molecule has 2 N–H and O–H groups in total. The van der Waals surface area contributed by atoms with Crippen LogP contribution in [-0.2, 0) is 6.54 Å². The SMILES string of the molecule is CCN(CC)Cc1cc(N)cc(OC)c1OC. The monoisotopic (exact) mass is 238 g/mol. The zero-order valence-electron chi connectivity index (χ0n) is 11.1. The standard InChI is InChI=1S/C13H22N2O2/c1-5-15(6-2)9-10-7-11(14)8-12(16-3)13(10)17-4/h7-8H,5-6,9,14H2,1-4H3. The zero-order valence-corrected chi connectivity index (χ0v) is 11.1. The Kier molecular flexibility index (Phi) is 5.10. The van der Waals surface area contributed by atoms with E-state index < -0.39 is 0 Å². The Bertz CT molecular complexity index is 363. The Balaban J connectivity index is 3.07. The smallest absolute Gasteiger partial charge is 0.165 e. The second-order valence-corrected chi connectivity index (χ2v) is 3.88. The van der Waals surface area contributed by atoms with E-state index in [4.69, 9.17) is 15.2 Å². The summed E-state index contributed by atoms with van der Waals surface area (Å²) in [5.41, 5.74) is 7.63. The lowest BCUT2D eigenvalue weighted by molar-refractivity contribution is 0.285. The quantitative estimate of drug-likeness (QED) is 0.771. The number of rotatable bonds is 6. The molecule has 0 fully saturated rings. The summed E-state index contributed by atoms with van der Waals surface area (Å²) in [7, 11) is 3.28. The Morgan fingerprint density at radius 3 is 2.24 bits per heavy atom. The summed E-state index contributed by atoms with van der Waals surface area (Å²) in [6, 6.07) is 3.73. The Morgan fingerprint density at radius 1 is 1.12 bits per heavy atom. The maximum absolute atomic E-state index is 5.86. The van der Waals surface area contributed by atoms with Crippen LogP contribution >= 0.6 is 0 Å². The average Bonchev–Trinajstić information content (AvgIpc) is 2.34. The molecule has 17 heavy (non-hydrogen) atoms. The first-order chi connectivity index (χ1) is 8.15. The third-order valence-corrected chi connectivity index (χ3v) is 2.87. The first-order valence-electron chi connectivity index (χ1n) is 5.88. The number of anilines is 1. The van der Waals surface area contributed by atoms with Crippen LogP contribution in [0.1, 0.15) is 19.4 Å². The highest BCUT2D eigenvalue weighted by Gasteiger charge is 2.13. The highest BCUT2D eigenvalue weighted by molar-refractivity contribution is 5.57. The molecule has 0 bridgehead atoms. The maximum Gasteiger partial charge on any atom is 0.165 e. The molecule has 0 aliphatic carbocycles. The van der Waals surface area contributed by atoms with Gasteiger partial charge in [-0.1, -0.05) is 13.8 Å². The summed E-state index contributed by atoms with van der Waals surface area (Å²) in [6.45, 7) is 7.09. The summed E-state index contributed by atoms with van der Waals surface area (Å²) in [4.78, 5) is 2.30. The van der Waals surface area contributed by atoms with Crippen LogP contribution in [0.15, 0.2) is 12.1 Å². The van der Waals surface area contributed by atoms with Gasteiger partial charge >= 0.3 is 0 Å². The molecule has 0 spiro atoms. The van der Waals surface area contributed by atoms with Gasteiger partial charge in [-0.25, -0.2) is 0 Å². The maximum atomic E-state index is 5.86. The van der Waals surface area contributed by atoms with E-state index in [2.05, 4.69) is 18.7 Å². The van der Waals surface area contributed by atoms with Gasteiger partial charge < -0.3 is 15.2 Å². The second-order valence-electron chi connectivity index (χ2n) is 3.88. The van der Waals surface area contributed by atoms with E-state index in [0.717, 1.165) is 30.9 Å². The van der Waals surface area contributed by atoms with Crippen molar-refractivity contribution in [3.63, 3.8) is 0 Å². The molecular weight excluding hydrogens is 216 g/mol. The van der Waals surface area contributed by atoms with E-state index in [1.807, 2.05) is 6.07 Å². The molecule has 0 unspecified atom stereocenters. The van der Waals surface area contributed by atoms with Gasteiger partial charge in [-0.05, 0) is 19.2 Å². The van der Waals surface area contributed by atoms with Crippen LogP contribution in [0.5, 0.6) is 11.5 Å². The van der Waals surface area contributed by atoms with Gasteiger partial charge in [0.1, 0.15) is 0 Å². The number of nitrogen functional groups attached to an aromatic ring is 1. The third kappa shape index (κ3) is 3.27. The van der Waals surface area contributed by atoms with E-state index >= 15 is 0 Å². The van der Waals surface area contributed by atoms with Crippen molar-refractivity contribution in [2.45, 2.75) is 20.4 Å². The minimum atomic E-state index is 0.689. The molecule has 0 aliphatic heterocycles. The Hall–Kier alpha value is -1.42. The van der Waals surface area contributed by atoms with Crippen LogP contribution in [0.4, 0.5) is 5.69 Å². The van der Waals surface area contributed by atoms with Crippen LogP contribution in [-0.4, -0.2) is 32.2 Å². The summed E-state index contributed by atoms with van der Waals surface area (Å²) in [6.07, 6.45) is 0. The summed E-state index contributed by atoms with van der Waals surface area (Å²) in [5, 5.41) is 0. The molecule has 1 aromatic carbocycles. The van der Waals surface area contributed by atoms with Crippen molar-refractivity contribution in [2.24, 2.45) is 0 Å². The van der Waals surface area contributed by atoms with Crippen molar-refractivity contribution < 1.29 is 9.47 Å². The van der Waals surface area contributed by atoms with E-state index in [9.17, 15) is 0 Å². The molecule has 4 nitrogen and oxygen atoms in total. The molecule has 0 heterocycles. The molecule has 0 saturated heterocycles. The van der Waals surface area contributed by atoms with Crippen molar-refractivity contribution >= 4 is 5.69 Å². The van der Waals surface area contributed by atoms with Crippen molar-refractivity contribution in [1.82, 2.24) is 4.90 Å². The fourth-order valence-electron chi connectivity index (χ4n) is 1.87. The lowest BCUT2D eigenvalue weighted by Crippen LogP contribution is -2.22. The van der Waals surface area contributed by atoms with Crippen LogP contribution in [0.2, 0.25) is 0 Å². The van der Waals surface area contributed by atoms with Crippen LogP contribution in [0.3, 0.4) is 0 Å². The van der Waals surface area contributed by atoms with Crippen molar-refractivity contribution in [3.05, 3.63) is 17.7 Å². The number of hydrogen-bond donors (Lipinski definition) is 1. The van der Waals surface area contributed by atoms with Crippen molar-refractivity contribution in [1.29, 1.82) is 0 Å². The topological polar surface area (TPSA) is 47.7 Å². The first kappa shape index (κ1) is 13.6. The van der Waals surface area contributed by atoms with E-state index in [-0.39, 0.29) is 0 Å². The lowest BCUT2D eigenvalue weighted by Gasteiger charge is -2.21. The van der Waals surface area contributed by atoms with E-state index in [1.165, 1.54) is 0 Å². The minimum absolute atomic E-state index is 0.689. The van der Waals surface area contributed by atoms with Gasteiger partial charge in [-0.15, -0.1) is 0 Å². The van der Waals surface area contributed by atoms with Gasteiger partial charge in [0.05, 0.1) is 14.2 Å². The molecule has 0 saturated carbocycles. The molecule has 1 rings (SSSR count). The molecule has 0 atom stereocenters. The molecular formula is C13H22N2O2. The van der Waals surface area contributed by atoms with Gasteiger partial charge in [-0.3, -0.25) is 4.90 Å². The molecule has 0 aliphatic rings. The number of nitrogens with two attached hydrogens (primary N) is 1. The molecule has 4 heteroatoms. The van der Waals surface area contributed by atoms with Crippen LogP contribution in [0, 0.1) is 0 Å². The van der Waals surface area contributed by atoms with Gasteiger partial charge in [0.15, 0.2) is 11.5 Å². The van der Waals surface area contributed by atoms with E-state index in [1.54, 1.807) is 20.3 Å². The van der Waals surface area contributed by atoms with Crippen molar-refractivity contribution in [3.8, 4) is 11.5 Å². The predicted molar refractivity (Wildman–Crippen MR) is 70.6 cm³/mol. The molecule has 1 aromatic rings. The second kappa shape index (κ2) is 6.35. The molecule has 96 valence electrons. The zero-order chi connectivity index (χ0) is 12.8. The lowest BCUT2D eigenvalue weighted by atomic mass is 10.1. The number of ether oxygens (including phenoxy) is 2. The first-order valence-corrected chi connectivity index (χ1v) is 5.88. The molecule has 0 amide bonds.